The van der Waals surface area contributed by atoms with Crippen LogP contribution in [0, 0.1) is 5.41 Å². The van der Waals surface area contributed by atoms with Crippen molar-refractivity contribution in [3.63, 3.8) is 0 Å². The lowest BCUT2D eigenvalue weighted by Gasteiger charge is -2.52. The fourth-order valence-corrected chi connectivity index (χ4v) is 2.76. The van der Waals surface area contributed by atoms with Crippen LogP contribution in [0.4, 0.5) is 5.69 Å². The lowest BCUT2D eigenvalue weighted by molar-refractivity contribution is -0.160. The molecule has 3 heteroatoms. The summed E-state index contributed by atoms with van der Waals surface area (Å²) in [6.07, 6.45) is 1.45. The Morgan fingerprint density at radius 3 is 2.65 bits per heavy atom. The Kier molecular flexibility index (Phi) is 2.26. The van der Waals surface area contributed by atoms with E-state index in [0.717, 1.165) is 12.1 Å². The van der Waals surface area contributed by atoms with E-state index in [1.807, 2.05) is 35.4 Å². The third-order valence-electron chi connectivity index (χ3n) is 3.88. The Balaban J connectivity index is 1.93. The Morgan fingerprint density at radius 2 is 2.00 bits per heavy atom. The van der Waals surface area contributed by atoms with Crippen LogP contribution in [0.2, 0.25) is 0 Å². The number of hydrogen-bond donors (Lipinski definition) is 0. The Bertz CT molecular complexity index is 441. The topological polar surface area (TPSA) is 29.5 Å². The number of benzene rings is 1. The first-order valence-electron chi connectivity index (χ1n) is 6.12. The molecule has 0 amide bonds. The van der Waals surface area contributed by atoms with Gasteiger partial charge in [-0.15, -0.1) is 0 Å². The normalized spacial score (nSPS) is 30.7. The predicted molar refractivity (Wildman–Crippen MR) is 65.6 cm³/mol. The minimum absolute atomic E-state index is 0.0141. The van der Waals surface area contributed by atoms with Gasteiger partial charge in [-0.1, -0.05) is 32.0 Å². The standard InChI is InChI=1S/C14H17NO2/c1-14(2)9-11-12(16)8-13(14)17-15(11)10-6-4-3-5-7-10/h3-7,11,13H,8-9H2,1-2H3/t11-,13-/m1/s1. The van der Waals surface area contributed by atoms with Crippen molar-refractivity contribution in [2.45, 2.75) is 38.8 Å². The molecule has 90 valence electrons. The number of carbonyl (C=O) groups excluding carboxylic acids is 1. The maximum absolute atomic E-state index is 12.0. The van der Waals surface area contributed by atoms with Crippen LogP contribution in [0.3, 0.4) is 0 Å². The van der Waals surface area contributed by atoms with Crippen LogP contribution in [0.1, 0.15) is 26.7 Å². The predicted octanol–water partition coefficient (Wildman–Crippen LogP) is 2.56. The Hall–Kier alpha value is -1.35. The minimum Gasteiger partial charge on any atom is -0.297 e. The molecular formula is C14H17NO2. The van der Waals surface area contributed by atoms with E-state index in [0.29, 0.717) is 12.2 Å². The summed E-state index contributed by atoms with van der Waals surface area (Å²) in [5, 5.41) is 1.81. The molecule has 0 N–H and O–H groups in total. The number of Topliss-reactive ketones (excluding diaryl/α,β-unsaturated/α-hetero) is 1. The van der Waals surface area contributed by atoms with Gasteiger partial charge in [0.25, 0.3) is 0 Å². The van der Waals surface area contributed by atoms with E-state index >= 15 is 0 Å². The summed E-state index contributed by atoms with van der Waals surface area (Å²) in [5.41, 5.74) is 1.08. The van der Waals surface area contributed by atoms with Crippen LogP contribution in [-0.2, 0) is 9.63 Å². The molecule has 4 rings (SSSR count). The van der Waals surface area contributed by atoms with E-state index in [4.69, 9.17) is 4.84 Å². The van der Waals surface area contributed by atoms with Crippen LogP contribution in [0.5, 0.6) is 0 Å². The number of fused-ring (bicyclic) bond motifs is 3. The number of hydroxylamine groups is 1. The van der Waals surface area contributed by atoms with Crippen molar-refractivity contribution in [2.75, 3.05) is 5.06 Å². The van der Waals surface area contributed by atoms with Crippen molar-refractivity contribution in [3.8, 4) is 0 Å². The molecule has 2 saturated heterocycles. The average Bonchev–Trinajstić information content (AvgIpc) is 2.31. The zero-order chi connectivity index (χ0) is 12.0. The van der Waals surface area contributed by atoms with E-state index in [-0.39, 0.29) is 17.6 Å². The molecule has 17 heavy (non-hydrogen) atoms. The van der Waals surface area contributed by atoms with Gasteiger partial charge in [0, 0.05) is 6.42 Å². The highest BCUT2D eigenvalue weighted by Gasteiger charge is 2.51. The molecule has 2 atom stereocenters. The Morgan fingerprint density at radius 1 is 1.29 bits per heavy atom. The summed E-state index contributed by atoms with van der Waals surface area (Å²) in [4.78, 5) is 18.0. The maximum atomic E-state index is 12.0. The molecule has 3 aliphatic rings. The summed E-state index contributed by atoms with van der Waals surface area (Å²) in [6.45, 7) is 4.36. The smallest absolute Gasteiger partial charge is 0.160 e. The first kappa shape index (κ1) is 10.8. The molecule has 2 bridgehead atoms. The molecule has 1 aromatic rings. The first-order valence-corrected chi connectivity index (χ1v) is 6.12. The largest absolute Gasteiger partial charge is 0.297 e. The second-order valence-corrected chi connectivity index (χ2v) is 5.63. The van der Waals surface area contributed by atoms with Crippen LogP contribution >= 0.6 is 0 Å². The second kappa shape index (κ2) is 3.57. The highest BCUT2D eigenvalue weighted by atomic mass is 16.7. The molecule has 0 radical (unpaired) electrons. The molecular weight excluding hydrogens is 214 g/mol. The summed E-state index contributed by atoms with van der Waals surface area (Å²) >= 11 is 0. The number of para-hydroxylation sites is 1. The molecule has 2 heterocycles. The van der Waals surface area contributed by atoms with Crippen molar-refractivity contribution >= 4 is 11.5 Å². The number of anilines is 1. The highest BCUT2D eigenvalue weighted by Crippen LogP contribution is 2.44. The third-order valence-corrected chi connectivity index (χ3v) is 3.88. The number of rotatable bonds is 1. The molecule has 0 unspecified atom stereocenters. The van der Waals surface area contributed by atoms with Gasteiger partial charge in [-0.2, -0.15) is 0 Å². The zero-order valence-corrected chi connectivity index (χ0v) is 10.2. The van der Waals surface area contributed by atoms with Crippen molar-refractivity contribution < 1.29 is 9.63 Å². The summed E-state index contributed by atoms with van der Waals surface area (Å²) < 4.78 is 0. The molecule has 3 fully saturated rings. The number of carbonyl (C=O) groups is 1. The van der Waals surface area contributed by atoms with Gasteiger partial charge >= 0.3 is 0 Å². The number of nitrogens with zero attached hydrogens (tertiary/aromatic N) is 1. The van der Waals surface area contributed by atoms with Gasteiger partial charge < -0.3 is 0 Å². The molecule has 0 spiro atoms. The van der Waals surface area contributed by atoms with Crippen LogP contribution in [0.15, 0.2) is 30.3 Å². The van der Waals surface area contributed by atoms with Gasteiger partial charge in [0.1, 0.15) is 6.04 Å². The fraction of sp³-hybridized carbons (Fsp3) is 0.500. The second-order valence-electron chi connectivity index (χ2n) is 5.63. The van der Waals surface area contributed by atoms with Crippen LogP contribution in [-0.4, -0.2) is 17.9 Å². The van der Waals surface area contributed by atoms with Crippen LogP contribution < -0.4 is 5.06 Å². The molecule has 0 aromatic heterocycles. The van der Waals surface area contributed by atoms with Crippen molar-refractivity contribution in [2.24, 2.45) is 5.41 Å². The first-order chi connectivity index (χ1) is 8.08. The van der Waals surface area contributed by atoms with Crippen molar-refractivity contribution in [3.05, 3.63) is 30.3 Å². The summed E-state index contributed by atoms with van der Waals surface area (Å²) in [5.74, 6) is 0.310. The van der Waals surface area contributed by atoms with E-state index in [1.54, 1.807) is 0 Å². The number of hydrogen-bond acceptors (Lipinski definition) is 3. The molecule has 1 aromatic carbocycles. The molecule has 3 nitrogen and oxygen atoms in total. The number of ketones is 1. The van der Waals surface area contributed by atoms with Gasteiger partial charge in [0.15, 0.2) is 5.78 Å². The summed E-state index contributed by atoms with van der Waals surface area (Å²) in [7, 11) is 0. The van der Waals surface area contributed by atoms with E-state index in [2.05, 4.69) is 13.8 Å². The van der Waals surface area contributed by atoms with Crippen molar-refractivity contribution in [1.29, 1.82) is 0 Å². The maximum Gasteiger partial charge on any atom is 0.160 e. The minimum atomic E-state index is -0.114. The van der Waals surface area contributed by atoms with E-state index in [1.165, 1.54) is 0 Å². The lowest BCUT2D eigenvalue weighted by Crippen LogP contribution is -2.61. The fourth-order valence-electron chi connectivity index (χ4n) is 2.76. The van der Waals surface area contributed by atoms with Gasteiger partial charge in [-0.25, -0.2) is 5.06 Å². The average molecular weight is 231 g/mol. The Labute approximate surface area is 101 Å². The summed E-state index contributed by atoms with van der Waals surface area (Å²) in [6, 6.07) is 9.77. The molecule has 2 aliphatic heterocycles. The van der Waals surface area contributed by atoms with E-state index in [9.17, 15) is 4.79 Å². The van der Waals surface area contributed by atoms with Gasteiger partial charge in [0.05, 0.1) is 11.8 Å². The van der Waals surface area contributed by atoms with E-state index < -0.39 is 0 Å². The lowest BCUT2D eigenvalue weighted by atomic mass is 9.71. The highest BCUT2D eigenvalue weighted by molar-refractivity contribution is 5.89. The van der Waals surface area contributed by atoms with Gasteiger partial charge in [-0.3, -0.25) is 9.63 Å². The monoisotopic (exact) mass is 231 g/mol. The molecule has 1 aliphatic carbocycles. The quantitative estimate of drug-likeness (QED) is 0.744. The molecule has 1 saturated carbocycles. The van der Waals surface area contributed by atoms with Gasteiger partial charge in [-0.05, 0) is 24.0 Å². The van der Waals surface area contributed by atoms with Crippen molar-refractivity contribution in [1.82, 2.24) is 0 Å². The third kappa shape index (κ3) is 1.65. The zero-order valence-electron chi connectivity index (χ0n) is 10.2. The SMILES string of the molecule is CC1(C)C[C@@H]2C(=O)C[C@H]1ON2c1ccccc1. The van der Waals surface area contributed by atoms with Gasteiger partial charge in [0.2, 0.25) is 0 Å². The van der Waals surface area contributed by atoms with Crippen LogP contribution in [0.25, 0.3) is 0 Å².